The number of carbonyl (C=O) groups is 1. The molecule has 0 saturated heterocycles. The predicted molar refractivity (Wildman–Crippen MR) is 94.9 cm³/mol. The Morgan fingerprint density at radius 1 is 1.38 bits per heavy atom. The van der Waals surface area contributed by atoms with Crippen molar-refractivity contribution < 1.29 is 14.3 Å². The number of carbonyl (C=O) groups excluding carboxylic acids is 1. The fourth-order valence-corrected chi connectivity index (χ4v) is 2.76. The highest BCUT2D eigenvalue weighted by molar-refractivity contribution is 7.13. The highest BCUT2D eigenvalue weighted by Gasteiger charge is 2.12. The number of rotatable bonds is 9. The van der Waals surface area contributed by atoms with E-state index in [0.29, 0.717) is 28.2 Å². The van der Waals surface area contributed by atoms with Crippen molar-refractivity contribution in [2.24, 2.45) is 11.7 Å². The molecule has 2 rings (SSSR count). The van der Waals surface area contributed by atoms with E-state index < -0.39 is 5.91 Å². The van der Waals surface area contributed by atoms with Gasteiger partial charge in [-0.05, 0) is 37.1 Å². The second kappa shape index (κ2) is 8.65. The molecule has 0 aliphatic carbocycles. The molecule has 0 fully saturated rings. The molecule has 1 aromatic heterocycles. The molecule has 0 aliphatic heterocycles. The normalized spacial score (nSPS) is 10.8. The SMILES string of the molecule is COc1cc(C(N)=O)ccc1Oc1ncc(CNCCC(C)C)s1. The maximum absolute atomic E-state index is 11.2. The smallest absolute Gasteiger partial charge is 0.279 e. The van der Waals surface area contributed by atoms with Crippen LogP contribution in [0, 0.1) is 5.92 Å². The first-order valence-corrected chi connectivity index (χ1v) is 8.62. The Bertz CT molecular complexity index is 685. The number of nitrogens with one attached hydrogen (secondary N) is 1. The molecule has 1 amide bonds. The summed E-state index contributed by atoms with van der Waals surface area (Å²) in [5, 5.41) is 3.92. The van der Waals surface area contributed by atoms with E-state index in [1.807, 2.05) is 0 Å². The van der Waals surface area contributed by atoms with Crippen molar-refractivity contribution in [3.8, 4) is 16.7 Å². The minimum Gasteiger partial charge on any atom is -0.493 e. The van der Waals surface area contributed by atoms with Crippen LogP contribution in [0.2, 0.25) is 0 Å². The van der Waals surface area contributed by atoms with Gasteiger partial charge in [0.2, 0.25) is 5.91 Å². The molecule has 6 nitrogen and oxygen atoms in total. The Balaban J connectivity index is 1.98. The summed E-state index contributed by atoms with van der Waals surface area (Å²) in [6.07, 6.45) is 2.94. The van der Waals surface area contributed by atoms with Crippen molar-refractivity contribution >= 4 is 17.2 Å². The molecule has 24 heavy (non-hydrogen) atoms. The number of primary amides is 1. The van der Waals surface area contributed by atoms with Gasteiger partial charge in [-0.25, -0.2) is 4.98 Å². The van der Waals surface area contributed by atoms with Crippen LogP contribution >= 0.6 is 11.3 Å². The fourth-order valence-electron chi connectivity index (χ4n) is 2.02. The second-order valence-electron chi connectivity index (χ2n) is 5.78. The minimum atomic E-state index is -0.510. The van der Waals surface area contributed by atoms with Gasteiger partial charge >= 0.3 is 0 Å². The van der Waals surface area contributed by atoms with E-state index in [2.05, 4.69) is 24.1 Å². The zero-order chi connectivity index (χ0) is 17.5. The number of benzene rings is 1. The van der Waals surface area contributed by atoms with Crippen LogP contribution in [0.15, 0.2) is 24.4 Å². The summed E-state index contributed by atoms with van der Waals surface area (Å²) in [5.74, 6) is 1.12. The highest BCUT2D eigenvalue weighted by atomic mass is 32.1. The molecule has 1 aromatic carbocycles. The van der Waals surface area contributed by atoms with Crippen LogP contribution in [0.4, 0.5) is 0 Å². The number of nitrogens with two attached hydrogens (primary N) is 1. The third-order valence-electron chi connectivity index (χ3n) is 3.38. The molecule has 130 valence electrons. The maximum Gasteiger partial charge on any atom is 0.279 e. The van der Waals surface area contributed by atoms with Gasteiger partial charge in [0.15, 0.2) is 11.5 Å². The lowest BCUT2D eigenvalue weighted by Crippen LogP contribution is -2.15. The summed E-state index contributed by atoms with van der Waals surface area (Å²) in [4.78, 5) is 16.6. The number of ether oxygens (including phenoxy) is 2. The fraction of sp³-hybridized carbons (Fsp3) is 0.412. The van der Waals surface area contributed by atoms with Gasteiger partial charge in [-0.15, -0.1) is 0 Å². The van der Waals surface area contributed by atoms with Crippen LogP contribution in [0.3, 0.4) is 0 Å². The van der Waals surface area contributed by atoms with Crippen molar-refractivity contribution in [1.29, 1.82) is 0 Å². The van der Waals surface area contributed by atoms with Gasteiger partial charge in [0, 0.05) is 23.2 Å². The van der Waals surface area contributed by atoms with E-state index in [-0.39, 0.29) is 0 Å². The van der Waals surface area contributed by atoms with Crippen LogP contribution in [0.1, 0.15) is 35.5 Å². The number of hydrogen-bond donors (Lipinski definition) is 2. The van der Waals surface area contributed by atoms with E-state index in [9.17, 15) is 4.79 Å². The summed E-state index contributed by atoms with van der Waals surface area (Å²) in [6.45, 7) is 6.16. The van der Waals surface area contributed by atoms with E-state index in [1.165, 1.54) is 18.4 Å². The third kappa shape index (κ3) is 5.21. The third-order valence-corrected chi connectivity index (χ3v) is 4.25. The highest BCUT2D eigenvalue weighted by Crippen LogP contribution is 2.34. The summed E-state index contributed by atoms with van der Waals surface area (Å²) >= 11 is 1.47. The van der Waals surface area contributed by atoms with Crippen LogP contribution in [-0.4, -0.2) is 24.5 Å². The van der Waals surface area contributed by atoms with E-state index in [0.717, 1.165) is 24.4 Å². The number of aromatic nitrogens is 1. The van der Waals surface area contributed by atoms with E-state index >= 15 is 0 Å². The van der Waals surface area contributed by atoms with E-state index in [4.69, 9.17) is 15.2 Å². The zero-order valence-electron chi connectivity index (χ0n) is 14.2. The van der Waals surface area contributed by atoms with Crippen LogP contribution in [0.25, 0.3) is 0 Å². The molecule has 0 saturated carbocycles. The van der Waals surface area contributed by atoms with Crippen molar-refractivity contribution in [1.82, 2.24) is 10.3 Å². The molecule has 0 spiro atoms. The average molecular weight is 349 g/mol. The lowest BCUT2D eigenvalue weighted by atomic mass is 10.1. The first-order valence-electron chi connectivity index (χ1n) is 7.80. The first-order chi connectivity index (χ1) is 11.5. The van der Waals surface area contributed by atoms with Crippen LogP contribution < -0.4 is 20.5 Å². The largest absolute Gasteiger partial charge is 0.493 e. The quantitative estimate of drug-likeness (QED) is 0.679. The van der Waals surface area contributed by atoms with Gasteiger partial charge in [0.1, 0.15) is 0 Å². The summed E-state index contributed by atoms with van der Waals surface area (Å²) in [6, 6.07) is 4.81. The number of hydrogen-bond acceptors (Lipinski definition) is 6. The Morgan fingerprint density at radius 3 is 2.83 bits per heavy atom. The lowest BCUT2D eigenvalue weighted by molar-refractivity contribution is 0.1000. The van der Waals surface area contributed by atoms with Gasteiger partial charge in [-0.2, -0.15) is 0 Å². The Hall–Kier alpha value is -2.12. The zero-order valence-corrected chi connectivity index (χ0v) is 15.0. The minimum absolute atomic E-state index is 0.369. The van der Waals surface area contributed by atoms with E-state index in [1.54, 1.807) is 24.4 Å². The second-order valence-corrected chi connectivity index (χ2v) is 6.86. The number of nitrogens with zero attached hydrogens (tertiary/aromatic N) is 1. The Morgan fingerprint density at radius 2 is 2.17 bits per heavy atom. The molecule has 1 heterocycles. The molecular weight excluding hydrogens is 326 g/mol. The number of thiazole rings is 1. The molecular formula is C17H23N3O3S. The summed E-state index contributed by atoms with van der Waals surface area (Å²) in [5.41, 5.74) is 5.64. The van der Waals surface area contributed by atoms with Gasteiger partial charge in [-0.1, -0.05) is 25.2 Å². The number of amides is 1. The maximum atomic E-state index is 11.2. The molecule has 3 N–H and O–H groups in total. The van der Waals surface area contributed by atoms with Gasteiger partial charge < -0.3 is 20.5 Å². The van der Waals surface area contributed by atoms with Crippen molar-refractivity contribution in [2.45, 2.75) is 26.8 Å². The molecule has 0 aliphatic rings. The topological polar surface area (TPSA) is 86.5 Å². The predicted octanol–water partition coefficient (Wildman–Crippen LogP) is 3.18. The summed E-state index contributed by atoms with van der Waals surface area (Å²) < 4.78 is 11.0. The molecule has 0 bridgehead atoms. The number of methoxy groups -OCH3 is 1. The average Bonchev–Trinajstić information content (AvgIpc) is 2.99. The summed E-state index contributed by atoms with van der Waals surface area (Å²) in [7, 11) is 1.51. The molecule has 2 aromatic rings. The van der Waals surface area contributed by atoms with Crippen molar-refractivity contribution in [2.75, 3.05) is 13.7 Å². The van der Waals surface area contributed by atoms with Gasteiger partial charge in [0.05, 0.1) is 7.11 Å². The Labute approximate surface area is 146 Å². The molecule has 7 heteroatoms. The Kier molecular flexibility index (Phi) is 6.57. The standard InChI is InChI=1S/C17H23N3O3S/c1-11(2)6-7-19-9-13-10-20-17(24-13)23-14-5-4-12(16(18)21)8-15(14)22-3/h4-5,8,10-11,19H,6-7,9H2,1-3H3,(H2,18,21). The van der Waals surface area contributed by atoms with Crippen LogP contribution in [-0.2, 0) is 6.54 Å². The monoisotopic (exact) mass is 349 g/mol. The van der Waals surface area contributed by atoms with Crippen LogP contribution in [0.5, 0.6) is 16.7 Å². The molecule has 0 unspecified atom stereocenters. The van der Waals surface area contributed by atoms with Crippen molar-refractivity contribution in [3.05, 3.63) is 34.8 Å². The first kappa shape index (κ1) is 18.2. The van der Waals surface area contributed by atoms with Gasteiger partial charge in [0.25, 0.3) is 5.19 Å². The van der Waals surface area contributed by atoms with Crippen molar-refractivity contribution in [3.63, 3.8) is 0 Å². The van der Waals surface area contributed by atoms with Gasteiger partial charge in [-0.3, -0.25) is 4.79 Å². The lowest BCUT2D eigenvalue weighted by Gasteiger charge is -2.09. The molecule has 0 radical (unpaired) electrons. The molecule has 0 atom stereocenters.